The van der Waals surface area contributed by atoms with E-state index in [-0.39, 0.29) is 5.56 Å². The number of carbonyl (C=O) groups is 1. The summed E-state index contributed by atoms with van der Waals surface area (Å²) >= 11 is 0. The summed E-state index contributed by atoms with van der Waals surface area (Å²) in [7, 11) is 1.33. The fourth-order valence-corrected chi connectivity index (χ4v) is 2.60. The Hall–Kier alpha value is -3.19. The molecule has 0 N–H and O–H groups in total. The second-order valence-corrected chi connectivity index (χ2v) is 5.03. The molecule has 0 heterocycles. The Kier molecular flexibility index (Phi) is 3.78. The molecule has 3 aromatic carbocycles. The summed E-state index contributed by atoms with van der Waals surface area (Å²) in [4.78, 5) is 11.7. The second kappa shape index (κ2) is 5.90. The van der Waals surface area contributed by atoms with E-state index in [1.807, 2.05) is 30.3 Å². The largest absolute Gasteiger partial charge is 0.465 e. The van der Waals surface area contributed by atoms with Crippen LogP contribution in [0.5, 0.6) is 0 Å². The number of hydrogen-bond acceptors (Lipinski definition) is 3. The van der Waals surface area contributed by atoms with Gasteiger partial charge < -0.3 is 4.74 Å². The molecule has 4 heteroatoms. The van der Waals surface area contributed by atoms with Crippen molar-refractivity contribution >= 4 is 16.7 Å². The molecule has 0 unspecified atom stereocenters. The van der Waals surface area contributed by atoms with Crippen LogP contribution in [0.25, 0.3) is 21.9 Å². The molecule has 0 saturated carbocycles. The first-order valence-corrected chi connectivity index (χ1v) is 6.95. The van der Waals surface area contributed by atoms with Crippen LogP contribution in [-0.2, 0) is 4.74 Å². The van der Waals surface area contributed by atoms with Gasteiger partial charge in [0.1, 0.15) is 5.82 Å². The lowest BCUT2D eigenvalue weighted by molar-refractivity contribution is 0.0601. The quantitative estimate of drug-likeness (QED) is 0.663. The summed E-state index contributed by atoms with van der Waals surface area (Å²) in [6, 6.07) is 17.0. The van der Waals surface area contributed by atoms with Crippen molar-refractivity contribution in [2.24, 2.45) is 0 Å². The first-order valence-electron chi connectivity index (χ1n) is 6.95. The third-order valence-corrected chi connectivity index (χ3v) is 3.70. The number of ether oxygens (including phenoxy) is 1. The maximum atomic E-state index is 13.4. The van der Waals surface area contributed by atoms with E-state index < -0.39 is 11.8 Å². The maximum absolute atomic E-state index is 13.4. The summed E-state index contributed by atoms with van der Waals surface area (Å²) in [5, 5.41) is 11.0. The van der Waals surface area contributed by atoms with Crippen LogP contribution in [0.3, 0.4) is 0 Å². The summed E-state index contributed by atoms with van der Waals surface area (Å²) in [6.07, 6.45) is 0. The number of rotatable bonds is 2. The average molecular weight is 305 g/mol. The van der Waals surface area contributed by atoms with Crippen LogP contribution in [0.1, 0.15) is 15.9 Å². The number of methoxy groups -OCH3 is 1. The lowest BCUT2D eigenvalue weighted by Crippen LogP contribution is -2.00. The van der Waals surface area contributed by atoms with Gasteiger partial charge >= 0.3 is 5.97 Å². The van der Waals surface area contributed by atoms with Crippen molar-refractivity contribution in [3.63, 3.8) is 0 Å². The van der Waals surface area contributed by atoms with E-state index in [0.717, 1.165) is 16.3 Å². The first kappa shape index (κ1) is 14.7. The summed E-state index contributed by atoms with van der Waals surface area (Å²) in [5.74, 6) is -0.887. The first-order chi connectivity index (χ1) is 11.1. The molecular weight excluding hydrogens is 293 g/mol. The van der Waals surface area contributed by atoms with Crippen molar-refractivity contribution in [1.29, 1.82) is 5.26 Å². The van der Waals surface area contributed by atoms with Crippen molar-refractivity contribution < 1.29 is 13.9 Å². The number of hydrogen-bond donors (Lipinski definition) is 0. The zero-order valence-corrected chi connectivity index (χ0v) is 12.3. The molecule has 0 radical (unpaired) electrons. The molecule has 3 rings (SSSR count). The highest BCUT2D eigenvalue weighted by atomic mass is 19.1. The van der Waals surface area contributed by atoms with E-state index in [1.54, 1.807) is 18.2 Å². The number of nitriles is 1. The van der Waals surface area contributed by atoms with Crippen molar-refractivity contribution in [1.82, 2.24) is 0 Å². The Morgan fingerprint density at radius 1 is 1.09 bits per heavy atom. The fourth-order valence-electron chi connectivity index (χ4n) is 2.60. The molecule has 23 heavy (non-hydrogen) atoms. The minimum absolute atomic E-state index is 0.251. The van der Waals surface area contributed by atoms with E-state index in [1.165, 1.54) is 19.2 Å². The molecule has 0 fully saturated rings. The van der Waals surface area contributed by atoms with Crippen LogP contribution < -0.4 is 0 Å². The smallest absolute Gasteiger partial charge is 0.337 e. The molecule has 0 aromatic heterocycles. The van der Waals surface area contributed by atoms with Crippen LogP contribution in [0.4, 0.5) is 4.39 Å². The van der Waals surface area contributed by atoms with Gasteiger partial charge in [-0.15, -0.1) is 0 Å². The van der Waals surface area contributed by atoms with Gasteiger partial charge in [-0.3, -0.25) is 0 Å². The van der Waals surface area contributed by atoms with E-state index in [0.29, 0.717) is 11.1 Å². The maximum Gasteiger partial charge on any atom is 0.337 e. The molecule has 0 aliphatic rings. The second-order valence-electron chi connectivity index (χ2n) is 5.03. The number of fused-ring (bicyclic) bond motifs is 1. The van der Waals surface area contributed by atoms with E-state index in [2.05, 4.69) is 0 Å². The van der Waals surface area contributed by atoms with E-state index in [9.17, 15) is 14.4 Å². The normalized spacial score (nSPS) is 10.3. The molecule has 3 nitrogen and oxygen atoms in total. The molecular formula is C19H12FNO2. The fraction of sp³-hybridized carbons (Fsp3) is 0.0526. The summed E-state index contributed by atoms with van der Waals surface area (Å²) < 4.78 is 18.1. The van der Waals surface area contributed by atoms with Gasteiger partial charge in [0.15, 0.2) is 0 Å². The molecule has 0 spiro atoms. The molecule has 112 valence electrons. The SMILES string of the molecule is COC(=O)c1ccc2cccc(-c3ccc(F)cc3C#N)c2c1. The van der Waals surface area contributed by atoms with Gasteiger partial charge in [-0.1, -0.05) is 30.3 Å². The topological polar surface area (TPSA) is 50.1 Å². The van der Waals surface area contributed by atoms with Crippen LogP contribution in [0.15, 0.2) is 54.6 Å². The molecule has 0 aliphatic carbocycles. The zero-order chi connectivity index (χ0) is 16.4. The van der Waals surface area contributed by atoms with Crippen molar-refractivity contribution in [3.05, 3.63) is 71.5 Å². The molecule has 0 atom stereocenters. The summed E-state index contributed by atoms with van der Waals surface area (Å²) in [5.41, 5.74) is 2.07. The van der Waals surface area contributed by atoms with Gasteiger partial charge in [0.25, 0.3) is 0 Å². The number of benzene rings is 3. The lowest BCUT2D eigenvalue weighted by atomic mass is 9.94. The van der Waals surface area contributed by atoms with Gasteiger partial charge in [0.2, 0.25) is 0 Å². The Balaban J connectivity index is 2.30. The Bertz CT molecular complexity index is 957. The molecule has 0 amide bonds. The average Bonchev–Trinajstić information content (AvgIpc) is 2.60. The molecule has 0 saturated heterocycles. The van der Waals surface area contributed by atoms with Gasteiger partial charge in [-0.05, 0) is 40.6 Å². The van der Waals surface area contributed by atoms with Gasteiger partial charge in [-0.25, -0.2) is 9.18 Å². The molecule has 3 aromatic rings. The lowest BCUT2D eigenvalue weighted by Gasteiger charge is -2.10. The minimum Gasteiger partial charge on any atom is -0.465 e. The van der Waals surface area contributed by atoms with Gasteiger partial charge in [-0.2, -0.15) is 5.26 Å². The minimum atomic E-state index is -0.458. The molecule has 0 aliphatic heterocycles. The predicted molar refractivity (Wildman–Crippen MR) is 85.4 cm³/mol. The highest BCUT2D eigenvalue weighted by Gasteiger charge is 2.12. The highest BCUT2D eigenvalue weighted by molar-refractivity contribution is 6.02. The van der Waals surface area contributed by atoms with Crippen LogP contribution in [0.2, 0.25) is 0 Å². The Labute approximate surface area is 132 Å². The molecule has 0 bridgehead atoms. The highest BCUT2D eigenvalue weighted by Crippen LogP contribution is 2.32. The standard InChI is InChI=1S/C19H12FNO2/c1-23-19(22)13-6-5-12-3-2-4-17(18(12)10-13)16-8-7-15(20)9-14(16)11-21/h2-10H,1H3. The Morgan fingerprint density at radius 3 is 2.65 bits per heavy atom. The van der Waals surface area contributed by atoms with Crippen molar-refractivity contribution in [2.45, 2.75) is 0 Å². The zero-order valence-electron chi connectivity index (χ0n) is 12.3. The van der Waals surface area contributed by atoms with Crippen LogP contribution >= 0.6 is 0 Å². The third kappa shape index (κ3) is 2.65. The van der Waals surface area contributed by atoms with Crippen molar-refractivity contribution in [3.8, 4) is 17.2 Å². The van der Waals surface area contributed by atoms with E-state index >= 15 is 0 Å². The number of esters is 1. The number of nitrogens with zero attached hydrogens (tertiary/aromatic N) is 1. The predicted octanol–water partition coefficient (Wildman–Crippen LogP) is 4.30. The van der Waals surface area contributed by atoms with Gasteiger partial charge in [0.05, 0.1) is 24.3 Å². The van der Waals surface area contributed by atoms with Crippen molar-refractivity contribution in [2.75, 3.05) is 7.11 Å². The Morgan fingerprint density at radius 2 is 1.91 bits per heavy atom. The van der Waals surface area contributed by atoms with Crippen LogP contribution in [-0.4, -0.2) is 13.1 Å². The number of halogens is 1. The van der Waals surface area contributed by atoms with E-state index in [4.69, 9.17) is 4.74 Å². The number of carbonyl (C=O) groups excluding carboxylic acids is 1. The van der Waals surface area contributed by atoms with Gasteiger partial charge in [0, 0.05) is 5.56 Å². The third-order valence-electron chi connectivity index (χ3n) is 3.70. The summed E-state index contributed by atoms with van der Waals surface area (Å²) in [6.45, 7) is 0. The monoisotopic (exact) mass is 305 g/mol. The van der Waals surface area contributed by atoms with Crippen LogP contribution in [0, 0.1) is 17.1 Å².